The molecule has 0 aromatic carbocycles. The molecule has 1 amide bonds. The lowest BCUT2D eigenvalue weighted by molar-refractivity contribution is -0.133. The zero-order chi connectivity index (χ0) is 16.7. The Morgan fingerprint density at radius 1 is 1.46 bits per heavy atom. The Kier molecular flexibility index (Phi) is 3.33. The molecule has 3 aromatic rings. The molecular weight excluding hydrogens is 308 g/mol. The van der Waals surface area contributed by atoms with E-state index in [9.17, 15) is 4.79 Å². The molecule has 0 atom stereocenters. The van der Waals surface area contributed by atoms with Gasteiger partial charge < -0.3 is 15.6 Å². The second-order valence-electron chi connectivity index (χ2n) is 5.93. The number of rotatable bonds is 3. The third-order valence-corrected chi connectivity index (χ3v) is 4.17. The van der Waals surface area contributed by atoms with Gasteiger partial charge in [0.2, 0.25) is 5.91 Å². The molecule has 1 aliphatic rings. The zero-order valence-electron chi connectivity index (χ0n) is 13.3. The van der Waals surface area contributed by atoms with E-state index in [1.165, 1.54) is 4.68 Å². The van der Waals surface area contributed by atoms with Gasteiger partial charge in [-0.05, 0) is 6.92 Å². The number of carbonyl (C=O) groups is 1. The lowest BCUT2D eigenvalue weighted by Crippen LogP contribution is -2.38. The Morgan fingerprint density at radius 2 is 2.33 bits per heavy atom. The van der Waals surface area contributed by atoms with Crippen molar-refractivity contribution < 1.29 is 4.79 Å². The van der Waals surface area contributed by atoms with Gasteiger partial charge >= 0.3 is 0 Å². The molecular formula is C15H18N8O. The number of hydrogen-bond acceptors (Lipinski definition) is 5. The first-order valence-corrected chi connectivity index (χ1v) is 7.75. The van der Waals surface area contributed by atoms with Crippen molar-refractivity contribution in [3.8, 4) is 11.4 Å². The number of hydrogen-bond donors (Lipinski definition) is 3. The van der Waals surface area contributed by atoms with Gasteiger partial charge in [-0.1, -0.05) is 0 Å². The smallest absolute Gasteiger partial charge is 0.244 e. The zero-order valence-corrected chi connectivity index (χ0v) is 13.3. The Bertz CT molecular complexity index is 876. The van der Waals surface area contributed by atoms with Gasteiger partial charge in [0.25, 0.3) is 0 Å². The third-order valence-electron chi connectivity index (χ3n) is 4.17. The van der Waals surface area contributed by atoms with E-state index in [1.807, 2.05) is 6.92 Å². The van der Waals surface area contributed by atoms with Crippen LogP contribution in [0.15, 0.2) is 18.5 Å². The van der Waals surface area contributed by atoms with E-state index in [-0.39, 0.29) is 12.5 Å². The summed E-state index contributed by atoms with van der Waals surface area (Å²) in [4.78, 5) is 22.2. The minimum atomic E-state index is -0.00471. The summed E-state index contributed by atoms with van der Waals surface area (Å²) in [6, 6.07) is 1.76. The molecule has 4 heterocycles. The summed E-state index contributed by atoms with van der Waals surface area (Å²) in [6.45, 7) is 3.16. The van der Waals surface area contributed by atoms with Crippen molar-refractivity contribution in [2.45, 2.75) is 26.4 Å². The molecule has 124 valence electrons. The summed E-state index contributed by atoms with van der Waals surface area (Å²) < 4.78 is 1.54. The lowest BCUT2D eigenvalue weighted by Gasteiger charge is -2.26. The van der Waals surface area contributed by atoms with Crippen molar-refractivity contribution in [1.29, 1.82) is 0 Å². The maximum absolute atomic E-state index is 12.5. The molecule has 3 aromatic heterocycles. The molecule has 24 heavy (non-hydrogen) atoms. The molecule has 4 rings (SSSR count). The Hall–Kier alpha value is -3.10. The number of anilines is 1. The molecule has 0 spiro atoms. The van der Waals surface area contributed by atoms with Crippen LogP contribution in [-0.4, -0.2) is 47.3 Å². The van der Waals surface area contributed by atoms with E-state index < -0.39 is 0 Å². The minimum absolute atomic E-state index is 0.00471. The van der Waals surface area contributed by atoms with Crippen LogP contribution in [0, 0.1) is 6.92 Å². The van der Waals surface area contributed by atoms with Crippen molar-refractivity contribution in [2.24, 2.45) is 0 Å². The second kappa shape index (κ2) is 5.52. The van der Waals surface area contributed by atoms with Crippen molar-refractivity contribution in [3.05, 3.63) is 35.5 Å². The SMILES string of the molecule is Cc1cc(N)n(CC(=O)N2CCc3nc(-c4cn[nH]c4)[nH]c3C2)n1. The summed E-state index contributed by atoms with van der Waals surface area (Å²) in [7, 11) is 0. The molecule has 0 fully saturated rings. The summed E-state index contributed by atoms with van der Waals surface area (Å²) in [5.74, 6) is 1.27. The molecule has 0 radical (unpaired) electrons. The number of nitrogens with zero attached hydrogens (tertiary/aromatic N) is 5. The highest BCUT2D eigenvalue weighted by Crippen LogP contribution is 2.22. The van der Waals surface area contributed by atoms with Crippen LogP contribution in [0.2, 0.25) is 0 Å². The van der Waals surface area contributed by atoms with Crippen LogP contribution >= 0.6 is 0 Å². The highest BCUT2D eigenvalue weighted by atomic mass is 16.2. The van der Waals surface area contributed by atoms with E-state index in [0.29, 0.717) is 18.9 Å². The molecule has 4 N–H and O–H groups in total. The van der Waals surface area contributed by atoms with Crippen molar-refractivity contribution >= 4 is 11.7 Å². The summed E-state index contributed by atoms with van der Waals surface area (Å²) in [6.07, 6.45) is 4.23. The van der Waals surface area contributed by atoms with E-state index >= 15 is 0 Å². The Balaban J connectivity index is 1.49. The Morgan fingerprint density at radius 3 is 3.04 bits per heavy atom. The number of fused-ring (bicyclic) bond motifs is 1. The highest BCUT2D eigenvalue weighted by Gasteiger charge is 2.24. The van der Waals surface area contributed by atoms with Gasteiger partial charge in [-0.15, -0.1) is 0 Å². The quantitative estimate of drug-likeness (QED) is 0.646. The number of nitrogens with one attached hydrogen (secondary N) is 2. The number of aromatic amines is 2. The van der Waals surface area contributed by atoms with Gasteiger partial charge in [0, 0.05) is 25.2 Å². The van der Waals surface area contributed by atoms with E-state index in [0.717, 1.165) is 34.9 Å². The Labute approximate surface area is 137 Å². The van der Waals surface area contributed by atoms with Crippen molar-refractivity contribution in [2.75, 3.05) is 12.3 Å². The van der Waals surface area contributed by atoms with E-state index in [1.54, 1.807) is 23.4 Å². The van der Waals surface area contributed by atoms with Gasteiger partial charge in [-0.3, -0.25) is 9.89 Å². The van der Waals surface area contributed by atoms with E-state index in [4.69, 9.17) is 5.73 Å². The molecule has 9 nitrogen and oxygen atoms in total. The number of nitrogen functional groups attached to an aromatic ring is 1. The maximum atomic E-state index is 12.5. The number of imidazole rings is 1. The minimum Gasteiger partial charge on any atom is -0.384 e. The second-order valence-corrected chi connectivity index (χ2v) is 5.93. The number of aromatic nitrogens is 6. The summed E-state index contributed by atoms with van der Waals surface area (Å²) in [5.41, 5.74) is 9.54. The molecule has 0 aliphatic carbocycles. The molecule has 0 saturated heterocycles. The molecule has 0 bridgehead atoms. The first kappa shape index (κ1) is 14.5. The van der Waals surface area contributed by atoms with E-state index in [2.05, 4.69) is 25.3 Å². The fourth-order valence-corrected chi connectivity index (χ4v) is 2.94. The molecule has 0 unspecified atom stereocenters. The topological polar surface area (TPSA) is 122 Å². The number of H-pyrrole nitrogens is 2. The standard InChI is InChI=1S/C15H18N8O/c1-9-4-13(16)23(21-9)8-14(24)22-3-2-11-12(7-22)20-15(19-11)10-5-17-18-6-10/h4-6H,2-3,7-8,16H2,1H3,(H,17,18)(H,19,20). The fraction of sp³-hybridized carbons (Fsp3) is 0.333. The van der Waals surface area contributed by atoms with Crippen LogP contribution < -0.4 is 5.73 Å². The molecule has 0 saturated carbocycles. The maximum Gasteiger partial charge on any atom is 0.244 e. The van der Waals surface area contributed by atoms with Gasteiger partial charge in [-0.25, -0.2) is 9.67 Å². The normalized spacial score (nSPS) is 14.0. The number of amides is 1. The molecule has 9 heteroatoms. The highest BCUT2D eigenvalue weighted by molar-refractivity contribution is 5.76. The first-order valence-electron chi connectivity index (χ1n) is 7.75. The average Bonchev–Trinajstić information content (AvgIpc) is 3.26. The number of aryl methyl sites for hydroxylation is 1. The van der Waals surface area contributed by atoms with Gasteiger partial charge in [-0.2, -0.15) is 10.2 Å². The number of carbonyl (C=O) groups excluding carboxylic acids is 1. The van der Waals surface area contributed by atoms with Crippen LogP contribution in [0.25, 0.3) is 11.4 Å². The fourth-order valence-electron chi connectivity index (χ4n) is 2.94. The predicted molar refractivity (Wildman–Crippen MR) is 86.7 cm³/mol. The van der Waals surface area contributed by atoms with Crippen LogP contribution in [0.5, 0.6) is 0 Å². The summed E-state index contributed by atoms with van der Waals surface area (Å²) in [5, 5.41) is 10.9. The first-order chi connectivity index (χ1) is 11.6. The largest absolute Gasteiger partial charge is 0.384 e. The van der Waals surface area contributed by atoms with Gasteiger partial charge in [0.1, 0.15) is 18.2 Å². The van der Waals surface area contributed by atoms with Crippen LogP contribution in [-0.2, 0) is 24.3 Å². The van der Waals surface area contributed by atoms with Crippen LogP contribution in [0.3, 0.4) is 0 Å². The van der Waals surface area contributed by atoms with Gasteiger partial charge in [0.15, 0.2) is 0 Å². The number of nitrogens with two attached hydrogens (primary N) is 1. The van der Waals surface area contributed by atoms with Crippen LogP contribution in [0.1, 0.15) is 17.1 Å². The third kappa shape index (κ3) is 2.53. The average molecular weight is 326 g/mol. The molecule has 1 aliphatic heterocycles. The lowest BCUT2D eigenvalue weighted by atomic mass is 10.1. The predicted octanol–water partition coefficient (Wildman–Crippen LogP) is 0.472. The van der Waals surface area contributed by atoms with Gasteiger partial charge in [0.05, 0.1) is 35.4 Å². The van der Waals surface area contributed by atoms with Crippen molar-refractivity contribution in [1.82, 2.24) is 34.8 Å². The van der Waals surface area contributed by atoms with Crippen molar-refractivity contribution in [3.63, 3.8) is 0 Å². The summed E-state index contributed by atoms with van der Waals surface area (Å²) >= 11 is 0. The monoisotopic (exact) mass is 326 g/mol. The van der Waals surface area contributed by atoms with Crippen LogP contribution in [0.4, 0.5) is 5.82 Å².